The third-order valence-electron chi connectivity index (χ3n) is 3.84. The van der Waals surface area contributed by atoms with Gasteiger partial charge in [-0.2, -0.15) is 0 Å². The number of nitrogens with zero attached hydrogens (tertiary/aromatic N) is 2. The average Bonchev–Trinajstić information content (AvgIpc) is 3.15. The van der Waals surface area contributed by atoms with Crippen LogP contribution in [0.25, 0.3) is 0 Å². The Morgan fingerprint density at radius 3 is 2.59 bits per heavy atom. The van der Waals surface area contributed by atoms with Crippen LogP contribution < -0.4 is 10.0 Å². The van der Waals surface area contributed by atoms with Gasteiger partial charge in [0.2, 0.25) is 5.13 Å². The van der Waals surface area contributed by atoms with Crippen LogP contribution in [0.5, 0.6) is 0 Å². The Morgan fingerprint density at radius 1 is 1.14 bits per heavy atom. The summed E-state index contributed by atoms with van der Waals surface area (Å²) in [5.74, 6) is 0.621. The van der Waals surface area contributed by atoms with E-state index in [4.69, 9.17) is 0 Å². The number of amides is 1. The number of anilines is 2. The average molecular weight is 449 g/mol. The van der Waals surface area contributed by atoms with Gasteiger partial charge in [-0.15, -0.1) is 10.2 Å². The Bertz CT molecular complexity index is 1100. The highest BCUT2D eigenvalue weighted by Gasteiger charge is 2.16. The molecule has 0 bridgehead atoms. The summed E-state index contributed by atoms with van der Waals surface area (Å²) < 4.78 is 28.3. The molecule has 0 aliphatic carbocycles. The van der Waals surface area contributed by atoms with Crippen molar-refractivity contribution >= 4 is 49.8 Å². The second-order valence-electron chi connectivity index (χ2n) is 6.12. The first-order valence-corrected chi connectivity index (χ1v) is 12.1. The van der Waals surface area contributed by atoms with E-state index in [-0.39, 0.29) is 10.8 Å². The van der Waals surface area contributed by atoms with Gasteiger partial charge in [-0.05, 0) is 49.2 Å². The standard InChI is InChI=1S/C19H20N4O3S3/c1-3-11-27-19-22-21-18(28-19)20-17(24)14-9-10-16(13(2)12-14)23-29(25,26)15-7-5-4-6-8-15/h4-10,12,23H,3,11H2,1-2H3,(H,20,21,24). The van der Waals surface area contributed by atoms with E-state index in [0.717, 1.165) is 16.5 Å². The zero-order valence-electron chi connectivity index (χ0n) is 15.9. The lowest BCUT2D eigenvalue weighted by Crippen LogP contribution is -2.15. The lowest BCUT2D eigenvalue weighted by atomic mass is 10.1. The molecule has 0 fully saturated rings. The quantitative estimate of drug-likeness (QED) is 0.391. The van der Waals surface area contributed by atoms with Gasteiger partial charge in [-0.3, -0.25) is 14.8 Å². The number of sulfonamides is 1. The van der Waals surface area contributed by atoms with Gasteiger partial charge in [0, 0.05) is 11.3 Å². The van der Waals surface area contributed by atoms with Crippen LogP contribution in [0.4, 0.5) is 10.8 Å². The molecule has 1 heterocycles. The van der Waals surface area contributed by atoms with E-state index in [2.05, 4.69) is 27.2 Å². The van der Waals surface area contributed by atoms with Crippen molar-refractivity contribution in [2.75, 3.05) is 15.8 Å². The molecule has 1 amide bonds. The summed E-state index contributed by atoms with van der Waals surface area (Å²) in [4.78, 5) is 12.7. The van der Waals surface area contributed by atoms with Gasteiger partial charge >= 0.3 is 0 Å². The smallest absolute Gasteiger partial charge is 0.261 e. The summed E-state index contributed by atoms with van der Waals surface area (Å²) in [5.41, 5.74) is 1.45. The number of carbonyl (C=O) groups excluding carboxylic acids is 1. The van der Waals surface area contributed by atoms with Crippen LogP contribution in [0.2, 0.25) is 0 Å². The van der Waals surface area contributed by atoms with Crippen LogP contribution in [-0.4, -0.2) is 30.3 Å². The van der Waals surface area contributed by atoms with E-state index in [1.165, 1.54) is 23.5 Å². The summed E-state index contributed by atoms with van der Waals surface area (Å²) in [5, 5.41) is 11.2. The molecule has 2 N–H and O–H groups in total. The maximum atomic E-state index is 12.5. The zero-order chi connectivity index (χ0) is 20.9. The Labute approximate surface area is 178 Å². The number of benzene rings is 2. The molecule has 29 heavy (non-hydrogen) atoms. The molecule has 0 spiro atoms. The largest absolute Gasteiger partial charge is 0.296 e. The second-order valence-corrected chi connectivity index (χ2v) is 10.1. The monoisotopic (exact) mass is 448 g/mol. The molecule has 152 valence electrons. The Balaban J connectivity index is 1.70. The fraction of sp³-hybridized carbons (Fsp3) is 0.211. The van der Waals surface area contributed by atoms with Gasteiger partial charge in [-0.1, -0.05) is 48.2 Å². The molecular weight excluding hydrogens is 428 g/mol. The molecule has 0 saturated carbocycles. The molecule has 3 aromatic rings. The number of hydrogen-bond acceptors (Lipinski definition) is 7. The highest BCUT2D eigenvalue weighted by Crippen LogP contribution is 2.26. The number of carbonyl (C=O) groups is 1. The third kappa shape index (κ3) is 5.55. The van der Waals surface area contributed by atoms with Gasteiger partial charge in [0.15, 0.2) is 4.34 Å². The second kappa shape index (κ2) is 9.38. The molecule has 0 saturated heterocycles. The molecular formula is C19H20N4O3S3. The van der Waals surface area contributed by atoms with Crippen molar-refractivity contribution in [2.24, 2.45) is 0 Å². The number of thioether (sulfide) groups is 1. The van der Waals surface area contributed by atoms with Crippen LogP contribution >= 0.6 is 23.1 Å². The first-order chi connectivity index (χ1) is 13.9. The van der Waals surface area contributed by atoms with E-state index in [9.17, 15) is 13.2 Å². The van der Waals surface area contributed by atoms with E-state index in [1.807, 2.05) is 0 Å². The van der Waals surface area contributed by atoms with Crippen LogP contribution in [0.1, 0.15) is 29.3 Å². The first-order valence-electron chi connectivity index (χ1n) is 8.85. The molecule has 10 heteroatoms. The van der Waals surface area contributed by atoms with E-state index < -0.39 is 10.0 Å². The number of nitrogens with one attached hydrogen (secondary N) is 2. The van der Waals surface area contributed by atoms with Crippen molar-refractivity contribution < 1.29 is 13.2 Å². The molecule has 0 aliphatic heterocycles. The maximum absolute atomic E-state index is 12.5. The predicted octanol–water partition coefficient (Wildman–Crippen LogP) is 4.40. The minimum Gasteiger partial charge on any atom is -0.296 e. The van der Waals surface area contributed by atoms with Crippen molar-refractivity contribution in [2.45, 2.75) is 29.5 Å². The van der Waals surface area contributed by atoms with Gasteiger partial charge < -0.3 is 0 Å². The minimum atomic E-state index is -3.69. The fourth-order valence-corrected chi connectivity index (χ4v) is 5.22. The van der Waals surface area contributed by atoms with Gasteiger partial charge in [0.05, 0.1) is 10.6 Å². The normalized spacial score (nSPS) is 11.2. The SMILES string of the molecule is CCCSc1nnc(NC(=O)c2ccc(NS(=O)(=O)c3ccccc3)c(C)c2)s1. The minimum absolute atomic E-state index is 0.175. The molecule has 2 aromatic carbocycles. The van der Waals surface area contributed by atoms with Crippen LogP contribution in [0.15, 0.2) is 57.8 Å². The van der Waals surface area contributed by atoms with E-state index >= 15 is 0 Å². The van der Waals surface area contributed by atoms with Gasteiger partial charge in [0.1, 0.15) is 0 Å². The summed E-state index contributed by atoms with van der Waals surface area (Å²) in [6.45, 7) is 3.83. The molecule has 0 atom stereocenters. The highest BCUT2D eigenvalue weighted by molar-refractivity contribution is 8.01. The van der Waals surface area contributed by atoms with Gasteiger partial charge in [-0.25, -0.2) is 8.42 Å². The first kappa shape index (κ1) is 21.3. The number of hydrogen-bond donors (Lipinski definition) is 2. The van der Waals surface area contributed by atoms with Crippen molar-refractivity contribution in [1.29, 1.82) is 0 Å². The maximum Gasteiger partial charge on any atom is 0.261 e. The molecule has 0 radical (unpaired) electrons. The third-order valence-corrected chi connectivity index (χ3v) is 7.40. The Morgan fingerprint density at radius 2 is 1.90 bits per heavy atom. The zero-order valence-corrected chi connectivity index (χ0v) is 18.3. The topological polar surface area (TPSA) is 101 Å². The number of rotatable bonds is 8. The van der Waals surface area contributed by atoms with Crippen molar-refractivity contribution in [1.82, 2.24) is 10.2 Å². The summed E-state index contributed by atoms with van der Waals surface area (Å²) in [6.07, 6.45) is 1.03. The van der Waals surface area contributed by atoms with Crippen LogP contribution in [0.3, 0.4) is 0 Å². The van der Waals surface area contributed by atoms with E-state index in [0.29, 0.717) is 21.9 Å². The molecule has 3 rings (SSSR count). The van der Waals surface area contributed by atoms with Crippen molar-refractivity contribution in [3.8, 4) is 0 Å². The van der Waals surface area contributed by atoms with Crippen molar-refractivity contribution in [3.63, 3.8) is 0 Å². The molecule has 7 nitrogen and oxygen atoms in total. The van der Waals surface area contributed by atoms with Crippen LogP contribution in [0, 0.1) is 6.92 Å². The lowest BCUT2D eigenvalue weighted by molar-refractivity contribution is 0.102. The molecule has 0 aliphatic rings. The predicted molar refractivity (Wildman–Crippen MR) is 117 cm³/mol. The van der Waals surface area contributed by atoms with E-state index in [1.54, 1.807) is 55.1 Å². The summed E-state index contributed by atoms with van der Waals surface area (Å²) >= 11 is 2.93. The summed E-state index contributed by atoms with van der Waals surface area (Å²) in [7, 11) is -3.69. The molecule has 0 unspecified atom stereocenters. The fourth-order valence-electron chi connectivity index (χ4n) is 2.40. The number of aryl methyl sites for hydroxylation is 1. The number of aromatic nitrogens is 2. The van der Waals surface area contributed by atoms with Crippen LogP contribution in [-0.2, 0) is 10.0 Å². The van der Waals surface area contributed by atoms with Gasteiger partial charge in [0.25, 0.3) is 15.9 Å². The Hall–Kier alpha value is -2.43. The lowest BCUT2D eigenvalue weighted by Gasteiger charge is -2.11. The van der Waals surface area contributed by atoms with Crippen molar-refractivity contribution in [3.05, 3.63) is 59.7 Å². The summed E-state index contributed by atoms with van der Waals surface area (Å²) in [6, 6.07) is 12.9. The highest BCUT2D eigenvalue weighted by atomic mass is 32.2. The molecule has 1 aromatic heterocycles. The Kier molecular flexibility index (Phi) is 6.88.